The molecule has 1 aromatic carbocycles. The predicted octanol–water partition coefficient (Wildman–Crippen LogP) is 3.11. The van der Waals surface area contributed by atoms with Crippen molar-refractivity contribution < 1.29 is 4.79 Å². The van der Waals surface area contributed by atoms with Gasteiger partial charge in [0.1, 0.15) is 0 Å². The van der Waals surface area contributed by atoms with E-state index in [-0.39, 0.29) is 18.0 Å². The fourth-order valence-corrected chi connectivity index (χ4v) is 1.73. The molecule has 0 heterocycles. The van der Waals surface area contributed by atoms with Crippen molar-refractivity contribution in [3.63, 3.8) is 0 Å². The molecular weight excluding hydrogens is 198 g/mol. The Kier molecular flexibility index (Phi) is 4.29. The zero-order valence-corrected chi connectivity index (χ0v) is 10.2. The summed E-state index contributed by atoms with van der Waals surface area (Å²) in [6, 6.07) is 9.57. The zero-order chi connectivity index (χ0) is 12.1. The number of hydrogen-bond donors (Lipinski definition) is 0. The molecule has 1 aromatic rings. The Balaban J connectivity index is 2.96. The molecule has 0 N–H and O–H groups in total. The van der Waals surface area contributed by atoms with Gasteiger partial charge in [-0.15, -0.1) is 6.58 Å². The molecule has 0 spiro atoms. The lowest BCUT2D eigenvalue weighted by molar-refractivity contribution is 0.0667. The second-order valence-corrected chi connectivity index (χ2v) is 4.15. The van der Waals surface area contributed by atoms with Crippen LogP contribution < -0.4 is 0 Å². The van der Waals surface area contributed by atoms with Gasteiger partial charge >= 0.3 is 0 Å². The Bertz CT molecular complexity index is 356. The monoisotopic (exact) mass is 217 g/mol. The third kappa shape index (κ3) is 2.72. The van der Waals surface area contributed by atoms with Crippen LogP contribution in [0.15, 0.2) is 43.0 Å². The Morgan fingerprint density at radius 3 is 2.25 bits per heavy atom. The lowest BCUT2D eigenvalue weighted by Crippen LogP contribution is -2.42. The van der Waals surface area contributed by atoms with Gasteiger partial charge in [0.25, 0.3) is 5.91 Å². The second-order valence-electron chi connectivity index (χ2n) is 4.15. The van der Waals surface area contributed by atoms with E-state index in [9.17, 15) is 4.79 Å². The fourth-order valence-electron chi connectivity index (χ4n) is 1.73. The molecule has 16 heavy (non-hydrogen) atoms. The van der Waals surface area contributed by atoms with Gasteiger partial charge < -0.3 is 4.90 Å². The van der Waals surface area contributed by atoms with E-state index >= 15 is 0 Å². The Morgan fingerprint density at radius 2 is 1.81 bits per heavy atom. The van der Waals surface area contributed by atoms with Gasteiger partial charge in [-0.3, -0.25) is 4.79 Å². The van der Waals surface area contributed by atoms with Gasteiger partial charge in [0.15, 0.2) is 0 Å². The van der Waals surface area contributed by atoms with Crippen LogP contribution in [-0.4, -0.2) is 22.9 Å². The van der Waals surface area contributed by atoms with E-state index < -0.39 is 0 Å². The summed E-state index contributed by atoms with van der Waals surface area (Å²) < 4.78 is 0. The molecule has 2 nitrogen and oxygen atoms in total. The van der Waals surface area contributed by atoms with Crippen LogP contribution in [0, 0.1) is 0 Å². The molecule has 0 bridgehead atoms. The highest BCUT2D eigenvalue weighted by atomic mass is 16.2. The molecular formula is C14H19NO. The maximum Gasteiger partial charge on any atom is 0.254 e. The third-order valence-electron chi connectivity index (χ3n) is 2.59. The topological polar surface area (TPSA) is 20.3 Å². The van der Waals surface area contributed by atoms with E-state index in [1.165, 1.54) is 0 Å². The summed E-state index contributed by atoms with van der Waals surface area (Å²) in [4.78, 5) is 14.1. The molecule has 0 aliphatic carbocycles. The van der Waals surface area contributed by atoms with E-state index in [1.807, 2.05) is 56.0 Å². The fraction of sp³-hybridized carbons (Fsp3) is 0.357. The summed E-state index contributed by atoms with van der Waals surface area (Å²) >= 11 is 0. The minimum Gasteiger partial charge on any atom is -0.330 e. The number of nitrogens with zero attached hydrogens (tertiary/aromatic N) is 1. The normalized spacial score (nSPS) is 12.2. The molecule has 0 aliphatic heterocycles. The first-order chi connectivity index (χ1) is 7.57. The van der Waals surface area contributed by atoms with Gasteiger partial charge in [0.2, 0.25) is 0 Å². The number of hydrogen-bond acceptors (Lipinski definition) is 1. The van der Waals surface area contributed by atoms with Crippen LogP contribution in [0.4, 0.5) is 0 Å². The van der Waals surface area contributed by atoms with Crippen molar-refractivity contribution in [3.05, 3.63) is 48.6 Å². The smallest absolute Gasteiger partial charge is 0.254 e. The molecule has 1 atom stereocenters. The lowest BCUT2D eigenvalue weighted by atomic mass is 10.1. The summed E-state index contributed by atoms with van der Waals surface area (Å²) in [6.45, 7) is 9.76. The molecule has 1 amide bonds. The van der Waals surface area contributed by atoms with Crippen molar-refractivity contribution >= 4 is 5.91 Å². The molecule has 0 radical (unpaired) electrons. The quantitative estimate of drug-likeness (QED) is 0.710. The van der Waals surface area contributed by atoms with Gasteiger partial charge in [0, 0.05) is 17.6 Å². The first-order valence-corrected chi connectivity index (χ1v) is 5.58. The minimum absolute atomic E-state index is 0.0488. The van der Waals surface area contributed by atoms with Crippen molar-refractivity contribution in [2.75, 3.05) is 0 Å². The van der Waals surface area contributed by atoms with Crippen LogP contribution >= 0.6 is 0 Å². The van der Waals surface area contributed by atoms with Crippen LogP contribution in [0.25, 0.3) is 0 Å². The number of carbonyl (C=O) groups is 1. The number of amides is 1. The van der Waals surface area contributed by atoms with Crippen LogP contribution in [0.3, 0.4) is 0 Å². The third-order valence-corrected chi connectivity index (χ3v) is 2.59. The molecule has 0 saturated heterocycles. The second kappa shape index (κ2) is 5.50. The minimum atomic E-state index is 0.0488. The molecule has 0 aromatic heterocycles. The standard InChI is InChI=1S/C14H19NO/c1-5-12(4)15(11(2)3)14(16)13-9-7-6-8-10-13/h5-12H,1H2,2-4H3. The van der Waals surface area contributed by atoms with E-state index in [4.69, 9.17) is 0 Å². The highest BCUT2D eigenvalue weighted by Crippen LogP contribution is 2.12. The number of carbonyl (C=O) groups excluding carboxylic acids is 1. The number of benzene rings is 1. The maximum atomic E-state index is 12.3. The van der Waals surface area contributed by atoms with Gasteiger partial charge in [-0.2, -0.15) is 0 Å². The lowest BCUT2D eigenvalue weighted by Gasteiger charge is -2.31. The summed E-state index contributed by atoms with van der Waals surface area (Å²) in [5.41, 5.74) is 0.727. The van der Waals surface area contributed by atoms with Crippen molar-refractivity contribution in [1.29, 1.82) is 0 Å². The first kappa shape index (κ1) is 12.5. The highest BCUT2D eigenvalue weighted by Gasteiger charge is 2.21. The van der Waals surface area contributed by atoms with Crippen molar-refractivity contribution in [2.45, 2.75) is 32.9 Å². The molecule has 0 aliphatic rings. The van der Waals surface area contributed by atoms with Gasteiger partial charge in [-0.1, -0.05) is 24.3 Å². The average molecular weight is 217 g/mol. The largest absolute Gasteiger partial charge is 0.330 e. The number of rotatable bonds is 4. The van der Waals surface area contributed by atoms with Crippen LogP contribution in [0.1, 0.15) is 31.1 Å². The summed E-state index contributed by atoms with van der Waals surface area (Å²) in [5.74, 6) is 0.0583. The van der Waals surface area contributed by atoms with Crippen LogP contribution in [0.2, 0.25) is 0 Å². The van der Waals surface area contributed by atoms with E-state index in [1.54, 1.807) is 6.08 Å². The summed E-state index contributed by atoms with van der Waals surface area (Å²) in [7, 11) is 0. The molecule has 86 valence electrons. The molecule has 0 fully saturated rings. The van der Waals surface area contributed by atoms with Crippen LogP contribution in [-0.2, 0) is 0 Å². The van der Waals surface area contributed by atoms with Crippen LogP contribution in [0.5, 0.6) is 0 Å². The zero-order valence-electron chi connectivity index (χ0n) is 10.2. The van der Waals surface area contributed by atoms with Crippen molar-refractivity contribution in [1.82, 2.24) is 4.90 Å². The van der Waals surface area contributed by atoms with Gasteiger partial charge in [-0.05, 0) is 32.9 Å². The Labute approximate surface area is 97.6 Å². The van der Waals surface area contributed by atoms with Crippen molar-refractivity contribution in [2.24, 2.45) is 0 Å². The Hall–Kier alpha value is -1.57. The maximum absolute atomic E-state index is 12.3. The Morgan fingerprint density at radius 1 is 1.25 bits per heavy atom. The molecule has 0 saturated carbocycles. The van der Waals surface area contributed by atoms with Gasteiger partial charge in [0.05, 0.1) is 0 Å². The molecule has 1 rings (SSSR count). The van der Waals surface area contributed by atoms with E-state index in [2.05, 4.69) is 6.58 Å². The predicted molar refractivity (Wildman–Crippen MR) is 67.4 cm³/mol. The van der Waals surface area contributed by atoms with Crippen molar-refractivity contribution in [3.8, 4) is 0 Å². The highest BCUT2D eigenvalue weighted by molar-refractivity contribution is 5.94. The first-order valence-electron chi connectivity index (χ1n) is 5.58. The summed E-state index contributed by atoms with van der Waals surface area (Å²) in [6.07, 6.45) is 1.79. The van der Waals surface area contributed by atoms with Gasteiger partial charge in [-0.25, -0.2) is 0 Å². The van der Waals surface area contributed by atoms with E-state index in [0.29, 0.717) is 0 Å². The summed E-state index contributed by atoms with van der Waals surface area (Å²) in [5, 5.41) is 0. The average Bonchev–Trinajstić information content (AvgIpc) is 2.29. The van der Waals surface area contributed by atoms with E-state index in [0.717, 1.165) is 5.56 Å². The molecule has 2 heteroatoms. The molecule has 1 unspecified atom stereocenters. The SMILES string of the molecule is C=CC(C)N(C(=O)c1ccccc1)C(C)C.